The number of hydrogen-bond acceptors (Lipinski definition) is 6. The van der Waals surface area contributed by atoms with Gasteiger partial charge in [0.1, 0.15) is 0 Å². The van der Waals surface area contributed by atoms with Crippen molar-refractivity contribution in [3.8, 4) is 11.1 Å². The second kappa shape index (κ2) is 16.5. The van der Waals surface area contributed by atoms with E-state index in [0.29, 0.717) is 13.0 Å². The minimum atomic E-state index is -0.900. The van der Waals surface area contributed by atoms with Crippen molar-refractivity contribution in [2.45, 2.75) is 64.4 Å². The maximum absolute atomic E-state index is 12.3. The molecule has 0 unspecified atom stereocenters. The highest BCUT2D eigenvalue weighted by molar-refractivity contribution is 5.77. The average Bonchev–Trinajstić information content (AvgIpc) is 3.09. The van der Waals surface area contributed by atoms with Gasteiger partial charge in [0.05, 0.1) is 18.8 Å². The Bertz CT molecular complexity index is 1590. The van der Waals surface area contributed by atoms with E-state index < -0.39 is 12.3 Å². The Hall–Kier alpha value is -4.34. The predicted octanol–water partition coefficient (Wildman–Crippen LogP) is 6.64. The van der Waals surface area contributed by atoms with Crippen LogP contribution < -0.4 is 5.32 Å². The number of likely N-dealkylation sites (N-methyl/N-ethyl adjacent to an activating group) is 1. The lowest BCUT2D eigenvalue weighted by Crippen LogP contribution is -2.43. The topological polar surface area (TPSA) is 108 Å². The Labute approximate surface area is 277 Å². The molecule has 8 heteroatoms. The smallest absolute Gasteiger partial charge is 0.303 e. The predicted molar refractivity (Wildman–Crippen MR) is 181 cm³/mol. The third-order valence-corrected chi connectivity index (χ3v) is 8.69. The fourth-order valence-corrected chi connectivity index (χ4v) is 6.05. The molecule has 0 radical (unpaired) electrons. The van der Waals surface area contributed by atoms with E-state index in [9.17, 15) is 14.7 Å². The molecule has 0 bridgehead atoms. The van der Waals surface area contributed by atoms with Crippen LogP contribution in [-0.4, -0.2) is 46.7 Å². The van der Waals surface area contributed by atoms with E-state index in [-0.39, 0.29) is 43.5 Å². The lowest BCUT2D eigenvalue weighted by Gasteiger charge is -2.42. The Balaban J connectivity index is 1.32. The Kier molecular flexibility index (Phi) is 11.9. The summed E-state index contributed by atoms with van der Waals surface area (Å²) in [4.78, 5) is 25.3. The summed E-state index contributed by atoms with van der Waals surface area (Å²) in [6.07, 6.45) is -0.392. The largest absolute Gasteiger partial charge is 0.481 e. The van der Waals surface area contributed by atoms with Crippen molar-refractivity contribution in [3.63, 3.8) is 0 Å². The Morgan fingerprint density at radius 3 is 2.19 bits per heavy atom. The van der Waals surface area contributed by atoms with Gasteiger partial charge in [-0.25, -0.2) is 0 Å². The average molecular weight is 637 g/mol. The van der Waals surface area contributed by atoms with E-state index in [0.717, 1.165) is 46.5 Å². The SMILES string of the molecule is C[C@@H]1[C@H](CN(C)Cc2ccccc2)O[C@H](c2ccc(-c3ccccc3CNC(=O)CCCC(=O)O)cc2)O[C@@H]1c1ccc(CO)cc1. The summed E-state index contributed by atoms with van der Waals surface area (Å²) in [5.41, 5.74) is 7.05. The van der Waals surface area contributed by atoms with Gasteiger partial charge in [-0.3, -0.25) is 14.5 Å². The van der Waals surface area contributed by atoms with E-state index >= 15 is 0 Å². The first-order valence-corrected chi connectivity index (χ1v) is 16.2. The lowest BCUT2D eigenvalue weighted by atomic mass is 9.90. The number of ether oxygens (including phenoxy) is 2. The van der Waals surface area contributed by atoms with Gasteiger partial charge in [0.15, 0.2) is 6.29 Å². The van der Waals surface area contributed by atoms with Crippen LogP contribution in [-0.2, 0) is 38.8 Å². The second-order valence-corrected chi connectivity index (χ2v) is 12.3. The minimum absolute atomic E-state index is 0.00532. The van der Waals surface area contributed by atoms with E-state index in [1.54, 1.807) is 0 Å². The number of aliphatic hydroxyl groups is 1. The molecule has 3 N–H and O–H groups in total. The van der Waals surface area contributed by atoms with Crippen LogP contribution in [0.3, 0.4) is 0 Å². The van der Waals surface area contributed by atoms with E-state index in [4.69, 9.17) is 14.6 Å². The number of aliphatic hydroxyl groups excluding tert-OH is 1. The highest BCUT2D eigenvalue weighted by Gasteiger charge is 2.38. The molecule has 246 valence electrons. The zero-order valence-electron chi connectivity index (χ0n) is 27.0. The Morgan fingerprint density at radius 1 is 0.809 bits per heavy atom. The number of rotatable bonds is 14. The van der Waals surface area contributed by atoms with Crippen LogP contribution >= 0.6 is 0 Å². The van der Waals surface area contributed by atoms with Gasteiger partial charge in [0.2, 0.25) is 5.91 Å². The van der Waals surface area contributed by atoms with Gasteiger partial charge in [-0.15, -0.1) is 0 Å². The molecule has 1 aliphatic rings. The molecule has 4 aromatic carbocycles. The molecular weight excluding hydrogens is 592 g/mol. The van der Waals surface area contributed by atoms with Gasteiger partial charge in [-0.2, -0.15) is 0 Å². The van der Waals surface area contributed by atoms with Gasteiger partial charge in [0, 0.05) is 44.0 Å². The normalized spacial score (nSPS) is 19.4. The molecule has 47 heavy (non-hydrogen) atoms. The zero-order valence-corrected chi connectivity index (χ0v) is 27.0. The molecule has 8 nitrogen and oxygen atoms in total. The molecule has 1 heterocycles. The third kappa shape index (κ3) is 9.36. The van der Waals surface area contributed by atoms with Gasteiger partial charge >= 0.3 is 5.97 Å². The summed E-state index contributed by atoms with van der Waals surface area (Å²) in [6.45, 7) is 4.06. The van der Waals surface area contributed by atoms with Crippen LogP contribution in [0.25, 0.3) is 11.1 Å². The van der Waals surface area contributed by atoms with Crippen molar-refractivity contribution in [2.24, 2.45) is 5.92 Å². The van der Waals surface area contributed by atoms with Gasteiger partial charge in [0.25, 0.3) is 0 Å². The molecule has 0 aromatic heterocycles. The summed E-state index contributed by atoms with van der Waals surface area (Å²) >= 11 is 0. The van der Waals surface area contributed by atoms with Crippen molar-refractivity contribution in [3.05, 3.63) is 131 Å². The molecule has 1 fully saturated rings. The molecule has 5 rings (SSSR count). The quantitative estimate of drug-likeness (QED) is 0.142. The van der Waals surface area contributed by atoms with Crippen molar-refractivity contribution in [2.75, 3.05) is 13.6 Å². The fourth-order valence-electron chi connectivity index (χ4n) is 6.05. The van der Waals surface area contributed by atoms with Crippen LogP contribution in [0.2, 0.25) is 0 Å². The molecule has 0 saturated carbocycles. The number of nitrogens with zero attached hydrogens (tertiary/aromatic N) is 1. The lowest BCUT2D eigenvalue weighted by molar-refractivity contribution is -0.276. The van der Waals surface area contributed by atoms with E-state index in [2.05, 4.69) is 60.6 Å². The first-order chi connectivity index (χ1) is 22.8. The number of carboxylic acids is 1. The standard InChI is InChI=1S/C39H44N2O6/c1-27-35(25-41(2)24-28-9-4-3-5-10-28)46-39(47-38(27)31-17-15-29(26-42)16-18-31)32-21-19-30(20-22-32)34-12-7-6-11-33(34)23-40-36(43)13-8-14-37(44)45/h3-7,9-12,15-22,27,35,38-39,42H,8,13-14,23-26H2,1-2H3,(H,40,43)(H,44,45)/t27-,35+,38+,39+/m1/s1. The van der Waals surface area contributed by atoms with Crippen molar-refractivity contribution < 1.29 is 29.3 Å². The molecule has 0 aliphatic carbocycles. The van der Waals surface area contributed by atoms with Gasteiger partial charge in [-0.1, -0.05) is 110 Å². The molecular formula is C39H44N2O6. The third-order valence-electron chi connectivity index (χ3n) is 8.69. The van der Waals surface area contributed by atoms with Crippen LogP contribution in [0.4, 0.5) is 0 Å². The molecule has 1 aliphatic heterocycles. The van der Waals surface area contributed by atoms with Gasteiger partial charge in [-0.05, 0) is 46.8 Å². The van der Waals surface area contributed by atoms with Crippen LogP contribution in [0.15, 0.2) is 103 Å². The number of carboxylic acid groups (broad SMARTS) is 1. The maximum atomic E-state index is 12.3. The zero-order chi connectivity index (χ0) is 33.2. The number of amides is 1. The van der Waals surface area contributed by atoms with Gasteiger partial charge < -0.3 is 25.0 Å². The number of carbonyl (C=O) groups is 2. The first-order valence-electron chi connectivity index (χ1n) is 16.2. The number of hydrogen-bond donors (Lipinski definition) is 3. The summed E-state index contributed by atoms with van der Waals surface area (Å²) < 4.78 is 13.4. The number of benzene rings is 4. The van der Waals surface area contributed by atoms with E-state index in [1.807, 2.05) is 66.7 Å². The van der Waals surface area contributed by atoms with E-state index in [1.165, 1.54) is 5.56 Å². The first kappa shape index (κ1) is 34.0. The van der Waals surface area contributed by atoms with Crippen LogP contribution in [0, 0.1) is 5.92 Å². The number of carbonyl (C=O) groups excluding carboxylic acids is 1. The van der Waals surface area contributed by atoms with Crippen LogP contribution in [0.5, 0.6) is 0 Å². The molecule has 0 spiro atoms. The summed E-state index contributed by atoms with van der Waals surface area (Å²) in [7, 11) is 2.11. The number of nitrogens with one attached hydrogen (secondary N) is 1. The molecule has 1 amide bonds. The second-order valence-electron chi connectivity index (χ2n) is 12.3. The molecule has 4 atom stereocenters. The highest BCUT2D eigenvalue weighted by atomic mass is 16.7. The fraction of sp³-hybridized carbons (Fsp3) is 0.333. The maximum Gasteiger partial charge on any atom is 0.303 e. The van der Waals surface area contributed by atoms with Crippen molar-refractivity contribution >= 4 is 11.9 Å². The number of aliphatic carboxylic acids is 1. The Morgan fingerprint density at radius 2 is 1.49 bits per heavy atom. The minimum Gasteiger partial charge on any atom is -0.481 e. The highest BCUT2D eigenvalue weighted by Crippen LogP contribution is 2.42. The monoisotopic (exact) mass is 636 g/mol. The molecule has 4 aromatic rings. The van der Waals surface area contributed by atoms with Crippen molar-refractivity contribution in [1.29, 1.82) is 0 Å². The molecule has 1 saturated heterocycles. The van der Waals surface area contributed by atoms with Crippen LogP contribution in [0.1, 0.15) is 66.4 Å². The summed E-state index contributed by atoms with van der Waals surface area (Å²) in [5.74, 6) is -0.986. The van der Waals surface area contributed by atoms with Crippen molar-refractivity contribution in [1.82, 2.24) is 10.2 Å². The summed E-state index contributed by atoms with van der Waals surface area (Å²) in [5, 5.41) is 21.3. The summed E-state index contributed by atoms with van der Waals surface area (Å²) in [6, 6.07) is 34.5.